The number of thiazole rings is 1. The Balaban J connectivity index is 1.46. The minimum absolute atomic E-state index is 0.0154. The average molecular weight is 500 g/mol. The predicted octanol–water partition coefficient (Wildman–Crippen LogP) is 4.22. The topological polar surface area (TPSA) is 109 Å². The van der Waals surface area contributed by atoms with Crippen LogP contribution in [0.25, 0.3) is 0 Å². The highest BCUT2D eigenvalue weighted by Crippen LogP contribution is 2.31. The van der Waals surface area contributed by atoms with Gasteiger partial charge in [-0.25, -0.2) is 4.98 Å². The molecule has 1 aromatic heterocycles. The Labute approximate surface area is 205 Å². The van der Waals surface area contributed by atoms with E-state index in [1.165, 1.54) is 24.3 Å². The number of carbonyl (C=O) groups is 2. The summed E-state index contributed by atoms with van der Waals surface area (Å²) in [5, 5.41) is 15.5. The van der Waals surface area contributed by atoms with E-state index in [1.807, 2.05) is 29.2 Å². The van der Waals surface area contributed by atoms with Gasteiger partial charge < -0.3 is 9.80 Å². The highest BCUT2D eigenvalue weighted by atomic mass is 35.5. The maximum Gasteiger partial charge on any atom is 0.293 e. The first-order valence-corrected chi connectivity index (χ1v) is 11.8. The second kappa shape index (κ2) is 10.2. The largest absolute Gasteiger partial charge is 0.362 e. The Kier molecular flexibility index (Phi) is 7.09. The fraction of sp³-hybridized carbons (Fsp3) is 0.261. The summed E-state index contributed by atoms with van der Waals surface area (Å²) in [4.78, 5) is 44.3. The lowest BCUT2D eigenvalue weighted by molar-refractivity contribution is -0.384. The third kappa shape index (κ3) is 5.35. The number of halogens is 1. The van der Waals surface area contributed by atoms with Crippen LogP contribution >= 0.6 is 22.9 Å². The lowest BCUT2D eigenvalue weighted by Crippen LogP contribution is -2.48. The van der Waals surface area contributed by atoms with E-state index in [4.69, 9.17) is 11.6 Å². The second-order valence-electron chi connectivity index (χ2n) is 7.81. The lowest BCUT2D eigenvalue weighted by atomic mass is 10.1. The number of nitro benzene ring substituents is 1. The van der Waals surface area contributed by atoms with Crippen molar-refractivity contribution in [1.82, 2.24) is 9.88 Å². The maximum absolute atomic E-state index is 12.8. The van der Waals surface area contributed by atoms with Gasteiger partial charge in [0.25, 0.3) is 11.6 Å². The number of piperazine rings is 1. The summed E-state index contributed by atoms with van der Waals surface area (Å²) in [5.41, 5.74) is 1.41. The second-order valence-corrected chi connectivity index (χ2v) is 9.33. The molecule has 2 amide bonds. The van der Waals surface area contributed by atoms with Gasteiger partial charge in [0.1, 0.15) is 5.69 Å². The normalized spacial score (nSPS) is 13.6. The molecule has 2 aromatic carbocycles. The summed E-state index contributed by atoms with van der Waals surface area (Å²) in [6.45, 7) is 3.47. The van der Waals surface area contributed by atoms with E-state index in [2.05, 4.69) is 10.3 Å². The number of nitrogens with one attached hydrogen (secondary N) is 1. The summed E-state index contributed by atoms with van der Waals surface area (Å²) < 4.78 is 0. The first kappa shape index (κ1) is 23.7. The summed E-state index contributed by atoms with van der Waals surface area (Å²) in [6.07, 6.45) is 2.26. The number of nitrogens with zero attached hydrogens (tertiary/aromatic N) is 4. The summed E-state index contributed by atoms with van der Waals surface area (Å²) in [5.74, 6) is -0.493. The number of hydrogen-bond donors (Lipinski definition) is 1. The quantitative estimate of drug-likeness (QED) is 0.402. The molecule has 0 atom stereocenters. The third-order valence-corrected chi connectivity index (χ3v) is 6.88. The molecule has 2 heterocycles. The summed E-state index contributed by atoms with van der Waals surface area (Å²) in [6, 6.07) is 11.9. The van der Waals surface area contributed by atoms with Crippen molar-refractivity contribution in [2.75, 3.05) is 36.4 Å². The molecule has 9 nitrogen and oxygen atoms in total. The molecule has 0 saturated carbocycles. The van der Waals surface area contributed by atoms with E-state index >= 15 is 0 Å². The number of hydrogen-bond acceptors (Lipinski definition) is 7. The molecule has 3 aromatic rings. The van der Waals surface area contributed by atoms with Crippen molar-refractivity contribution in [1.29, 1.82) is 0 Å². The van der Waals surface area contributed by atoms with Crippen LogP contribution in [0.2, 0.25) is 5.02 Å². The zero-order valence-electron chi connectivity index (χ0n) is 18.4. The molecule has 1 N–H and O–H groups in total. The van der Waals surface area contributed by atoms with E-state index < -0.39 is 10.8 Å². The highest BCUT2D eigenvalue weighted by molar-refractivity contribution is 7.15. The van der Waals surface area contributed by atoms with Gasteiger partial charge in [0.15, 0.2) is 5.13 Å². The molecular weight excluding hydrogens is 478 g/mol. The number of anilines is 2. The predicted molar refractivity (Wildman–Crippen MR) is 132 cm³/mol. The molecule has 0 spiro atoms. The Bertz CT molecular complexity index is 1240. The fourth-order valence-corrected chi connectivity index (χ4v) is 4.82. The number of benzene rings is 2. The highest BCUT2D eigenvalue weighted by Gasteiger charge is 2.26. The van der Waals surface area contributed by atoms with Crippen molar-refractivity contribution in [2.45, 2.75) is 13.3 Å². The number of rotatable bonds is 6. The SMILES string of the molecule is CC(=O)N1CCN(c2ccc(C(=O)Nc3ncc(Cc4ccccc4Cl)s3)cc2[N+](=O)[O-])CC1. The molecule has 1 aliphatic heterocycles. The first-order valence-electron chi connectivity index (χ1n) is 10.6. The molecule has 4 rings (SSSR count). The molecule has 0 radical (unpaired) electrons. The van der Waals surface area contributed by atoms with Crippen molar-refractivity contribution < 1.29 is 14.5 Å². The monoisotopic (exact) mass is 499 g/mol. The summed E-state index contributed by atoms with van der Waals surface area (Å²) >= 11 is 7.54. The van der Waals surface area contributed by atoms with Crippen molar-refractivity contribution in [2.24, 2.45) is 0 Å². The third-order valence-electron chi connectivity index (χ3n) is 5.60. The Morgan fingerprint density at radius 2 is 1.91 bits per heavy atom. The van der Waals surface area contributed by atoms with E-state index in [9.17, 15) is 19.7 Å². The van der Waals surface area contributed by atoms with Gasteiger partial charge in [-0.15, -0.1) is 11.3 Å². The Morgan fingerprint density at radius 3 is 2.59 bits per heavy atom. The molecule has 34 heavy (non-hydrogen) atoms. The Hall–Kier alpha value is -3.50. The average Bonchev–Trinajstić information content (AvgIpc) is 3.26. The van der Waals surface area contributed by atoms with Crippen LogP contribution in [0.4, 0.5) is 16.5 Å². The van der Waals surface area contributed by atoms with Crippen LogP contribution in [0.1, 0.15) is 27.7 Å². The van der Waals surface area contributed by atoms with E-state index in [0.717, 1.165) is 10.4 Å². The molecule has 176 valence electrons. The molecule has 1 fully saturated rings. The van der Waals surface area contributed by atoms with Gasteiger partial charge in [0.05, 0.1) is 4.92 Å². The van der Waals surface area contributed by atoms with Crippen molar-refractivity contribution >= 4 is 51.3 Å². The van der Waals surface area contributed by atoms with Crippen LogP contribution in [0.3, 0.4) is 0 Å². The van der Waals surface area contributed by atoms with E-state index in [1.54, 1.807) is 23.2 Å². The number of carbonyl (C=O) groups excluding carboxylic acids is 2. The van der Waals surface area contributed by atoms with Gasteiger partial charge in [-0.3, -0.25) is 25.0 Å². The smallest absolute Gasteiger partial charge is 0.293 e. The number of amides is 2. The summed E-state index contributed by atoms with van der Waals surface area (Å²) in [7, 11) is 0. The molecule has 0 aliphatic carbocycles. The van der Waals surface area contributed by atoms with Crippen LogP contribution in [-0.4, -0.2) is 52.8 Å². The van der Waals surface area contributed by atoms with Crippen LogP contribution in [0.15, 0.2) is 48.7 Å². The van der Waals surface area contributed by atoms with Gasteiger partial charge in [-0.1, -0.05) is 29.8 Å². The van der Waals surface area contributed by atoms with Gasteiger partial charge in [-0.05, 0) is 23.8 Å². The number of nitro groups is 1. The lowest BCUT2D eigenvalue weighted by Gasteiger charge is -2.35. The molecule has 11 heteroatoms. The van der Waals surface area contributed by atoms with Crippen LogP contribution < -0.4 is 10.2 Å². The van der Waals surface area contributed by atoms with Gasteiger partial charge in [0, 0.05) is 67.3 Å². The molecule has 0 bridgehead atoms. The van der Waals surface area contributed by atoms with Gasteiger partial charge in [0.2, 0.25) is 5.91 Å². The van der Waals surface area contributed by atoms with Crippen LogP contribution in [0.5, 0.6) is 0 Å². The maximum atomic E-state index is 12.8. The first-order chi connectivity index (χ1) is 16.3. The van der Waals surface area contributed by atoms with Gasteiger partial charge >= 0.3 is 0 Å². The van der Waals surface area contributed by atoms with Crippen molar-refractivity contribution in [3.63, 3.8) is 0 Å². The molecule has 1 saturated heterocycles. The molecular formula is C23H22ClN5O4S. The minimum atomic E-state index is -0.492. The van der Waals surface area contributed by atoms with Gasteiger partial charge in [-0.2, -0.15) is 0 Å². The number of aromatic nitrogens is 1. The zero-order valence-corrected chi connectivity index (χ0v) is 19.9. The fourth-order valence-electron chi connectivity index (χ4n) is 3.79. The van der Waals surface area contributed by atoms with E-state index in [0.29, 0.717) is 48.4 Å². The zero-order chi connectivity index (χ0) is 24.2. The van der Waals surface area contributed by atoms with Crippen LogP contribution in [0, 0.1) is 10.1 Å². The van der Waals surface area contributed by atoms with Crippen LogP contribution in [-0.2, 0) is 11.2 Å². The van der Waals surface area contributed by atoms with Crippen molar-refractivity contribution in [3.05, 3.63) is 79.8 Å². The molecule has 1 aliphatic rings. The Morgan fingerprint density at radius 1 is 1.18 bits per heavy atom. The van der Waals surface area contributed by atoms with Crippen molar-refractivity contribution in [3.8, 4) is 0 Å². The standard InChI is InChI=1S/C23H22ClN5O4S/c1-15(30)27-8-10-28(11-9-27)20-7-6-17(13-21(20)29(32)33)22(31)26-23-25-14-18(34-23)12-16-4-2-3-5-19(16)24/h2-7,13-14H,8-12H2,1H3,(H,25,26,31). The van der Waals surface area contributed by atoms with E-state index in [-0.39, 0.29) is 17.2 Å². The molecule has 0 unspecified atom stereocenters. The minimum Gasteiger partial charge on any atom is -0.362 e.